The van der Waals surface area contributed by atoms with Gasteiger partial charge in [-0.1, -0.05) is 12.8 Å². The molecule has 2 amide bonds. The van der Waals surface area contributed by atoms with Crippen LogP contribution in [0.4, 0.5) is 0 Å². The number of hydrogen-bond donors (Lipinski definition) is 2. The monoisotopic (exact) mass is 352 g/mol. The predicted octanol–water partition coefficient (Wildman–Crippen LogP) is 1.15. The zero-order valence-electron chi connectivity index (χ0n) is 14.5. The Morgan fingerprint density at radius 1 is 1.23 bits per heavy atom. The van der Waals surface area contributed by atoms with Crippen molar-refractivity contribution in [3.8, 4) is 23.3 Å². The fourth-order valence-corrected chi connectivity index (χ4v) is 3.05. The Morgan fingerprint density at radius 3 is 2.54 bits per heavy atom. The summed E-state index contributed by atoms with van der Waals surface area (Å²) < 4.78 is 6.78. The van der Waals surface area contributed by atoms with Crippen LogP contribution in [0, 0.1) is 11.8 Å². The second kappa shape index (κ2) is 7.31. The Kier molecular flexibility index (Phi) is 4.94. The molecule has 3 rings (SSSR count). The Balaban J connectivity index is 1.69. The standard InChI is InChI=1S/C19H20N4O3/c1-26-16-7-5-15(6-8-16)23-13-10-14(22-23)4-9-17(24)21-19(18(20)25)11-2-3-12-19/h5-8,10,13H,2-3,11-12H2,1H3,(H2,20,25)(H,21,24). The average Bonchev–Trinajstić information content (AvgIpc) is 3.30. The number of nitrogens with one attached hydrogen (secondary N) is 1. The molecule has 1 aromatic carbocycles. The van der Waals surface area contributed by atoms with Gasteiger partial charge in [-0.25, -0.2) is 4.68 Å². The molecule has 1 heterocycles. The normalized spacial score (nSPS) is 15.0. The molecule has 1 aromatic heterocycles. The first kappa shape index (κ1) is 17.5. The summed E-state index contributed by atoms with van der Waals surface area (Å²) >= 11 is 0. The van der Waals surface area contributed by atoms with Crippen LogP contribution in [0.1, 0.15) is 31.4 Å². The third-order valence-corrected chi connectivity index (χ3v) is 4.51. The van der Waals surface area contributed by atoms with Gasteiger partial charge in [0.05, 0.1) is 12.8 Å². The lowest BCUT2D eigenvalue weighted by molar-refractivity contribution is -0.129. The lowest BCUT2D eigenvalue weighted by Gasteiger charge is -2.25. The fraction of sp³-hybridized carbons (Fsp3) is 0.316. The van der Waals surface area contributed by atoms with E-state index in [2.05, 4.69) is 22.3 Å². The van der Waals surface area contributed by atoms with Crippen molar-refractivity contribution in [3.05, 3.63) is 42.2 Å². The van der Waals surface area contributed by atoms with Crippen molar-refractivity contribution < 1.29 is 14.3 Å². The Labute approximate surface area is 151 Å². The van der Waals surface area contributed by atoms with Crippen molar-refractivity contribution in [2.75, 3.05) is 7.11 Å². The fourth-order valence-electron chi connectivity index (χ4n) is 3.05. The van der Waals surface area contributed by atoms with Crippen LogP contribution in [0.5, 0.6) is 5.75 Å². The number of benzene rings is 1. The van der Waals surface area contributed by atoms with E-state index in [-0.39, 0.29) is 0 Å². The van der Waals surface area contributed by atoms with Crippen molar-refractivity contribution in [1.82, 2.24) is 15.1 Å². The minimum absolute atomic E-state index is 0.454. The van der Waals surface area contributed by atoms with Gasteiger partial charge in [-0.05, 0) is 49.1 Å². The van der Waals surface area contributed by atoms with E-state index in [1.807, 2.05) is 24.3 Å². The van der Waals surface area contributed by atoms with E-state index in [0.717, 1.165) is 24.3 Å². The van der Waals surface area contributed by atoms with E-state index in [0.29, 0.717) is 18.5 Å². The number of amides is 2. The molecule has 0 radical (unpaired) electrons. The maximum Gasteiger partial charge on any atom is 0.297 e. The van der Waals surface area contributed by atoms with Crippen LogP contribution in [0.15, 0.2) is 36.5 Å². The van der Waals surface area contributed by atoms with Crippen LogP contribution in [0.3, 0.4) is 0 Å². The molecular weight excluding hydrogens is 332 g/mol. The van der Waals surface area contributed by atoms with Gasteiger partial charge >= 0.3 is 0 Å². The highest BCUT2D eigenvalue weighted by Crippen LogP contribution is 2.29. The molecule has 7 nitrogen and oxygen atoms in total. The molecule has 7 heteroatoms. The number of nitrogens with zero attached hydrogens (tertiary/aromatic N) is 2. The van der Waals surface area contributed by atoms with Crippen LogP contribution in [0.2, 0.25) is 0 Å². The Bertz CT molecular complexity index is 868. The van der Waals surface area contributed by atoms with Crippen LogP contribution >= 0.6 is 0 Å². The van der Waals surface area contributed by atoms with E-state index in [9.17, 15) is 9.59 Å². The summed E-state index contributed by atoms with van der Waals surface area (Å²) in [5.74, 6) is 4.93. The third-order valence-electron chi connectivity index (χ3n) is 4.51. The first-order valence-corrected chi connectivity index (χ1v) is 8.37. The molecule has 1 aliphatic rings. The van der Waals surface area contributed by atoms with Crippen LogP contribution in [-0.4, -0.2) is 34.2 Å². The van der Waals surface area contributed by atoms with E-state index in [4.69, 9.17) is 10.5 Å². The second-order valence-corrected chi connectivity index (χ2v) is 6.20. The summed E-state index contributed by atoms with van der Waals surface area (Å²) in [7, 11) is 1.61. The molecule has 0 bridgehead atoms. The zero-order chi connectivity index (χ0) is 18.6. The highest BCUT2D eigenvalue weighted by Gasteiger charge is 2.40. The molecule has 2 aromatic rings. The molecule has 0 aliphatic heterocycles. The molecule has 3 N–H and O–H groups in total. The molecule has 134 valence electrons. The Morgan fingerprint density at radius 2 is 1.92 bits per heavy atom. The molecule has 0 atom stereocenters. The number of aromatic nitrogens is 2. The molecule has 1 saturated carbocycles. The van der Waals surface area contributed by atoms with Crippen LogP contribution < -0.4 is 15.8 Å². The average molecular weight is 352 g/mol. The molecule has 0 spiro atoms. The minimum atomic E-state index is -0.964. The van der Waals surface area contributed by atoms with Crippen molar-refractivity contribution in [2.24, 2.45) is 5.73 Å². The van der Waals surface area contributed by atoms with Gasteiger partial charge in [-0.2, -0.15) is 5.10 Å². The first-order chi connectivity index (χ1) is 12.5. The van der Waals surface area contributed by atoms with Gasteiger partial charge in [-0.15, -0.1) is 0 Å². The van der Waals surface area contributed by atoms with Gasteiger partial charge < -0.3 is 15.8 Å². The van der Waals surface area contributed by atoms with E-state index >= 15 is 0 Å². The first-order valence-electron chi connectivity index (χ1n) is 8.37. The minimum Gasteiger partial charge on any atom is -0.497 e. The van der Waals surface area contributed by atoms with Crippen molar-refractivity contribution >= 4 is 11.8 Å². The number of nitrogens with two attached hydrogens (primary N) is 1. The number of methoxy groups -OCH3 is 1. The molecule has 0 unspecified atom stereocenters. The van der Waals surface area contributed by atoms with E-state index < -0.39 is 17.4 Å². The van der Waals surface area contributed by atoms with Crippen LogP contribution in [-0.2, 0) is 9.59 Å². The van der Waals surface area contributed by atoms with Gasteiger partial charge in [0.2, 0.25) is 5.91 Å². The van der Waals surface area contributed by atoms with Gasteiger partial charge in [-0.3, -0.25) is 9.59 Å². The highest BCUT2D eigenvalue weighted by atomic mass is 16.5. The zero-order valence-corrected chi connectivity index (χ0v) is 14.5. The predicted molar refractivity (Wildman–Crippen MR) is 95.5 cm³/mol. The smallest absolute Gasteiger partial charge is 0.297 e. The summed E-state index contributed by atoms with van der Waals surface area (Å²) in [4.78, 5) is 23.8. The quantitative estimate of drug-likeness (QED) is 0.806. The van der Waals surface area contributed by atoms with Gasteiger partial charge in [0.1, 0.15) is 17.0 Å². The summed E-state index contributed by atoms with van der Waals surface area (Å²) in [6.45, 7) is 0. The molecule has 26 heavy (non-hydrogen) atoms. The SMILES string of the molecule is COc1ccc(-n2ccc(C#CC(=O)NC3(C(N)=O)CCCC3)n2)cc1. The number of hydrogen-bond acceptors (Lipinski definition) is 4. The molecular formula is C19H20N4O3. The summed E-state index contributed by atoms with van der Waals surface area (Å²) in [6, 6.07) is 9.12. The van der Waals surface area contributed by atoms with Crippen molar-refractivity contribution in [1.29, 1.82) is 0 Å². The molecule has 0 saturated heterocycles. The Hall–Kier alpha value is -3.27. The third kappa shape index (κ3) is 3.70. The number of rotatable bonds is 4. The maximum absolute atomic E-state index is 12.1. The van der Waals surface area contributed by atoms with Crippen LogP contribution in [0.25, 0.3) is 5.69 Å². The summed E-state index contributed by atoms with van der Waals surface area (Å²) in [5.41, 5.74) is 5.79. The van der Waals surface area contributed by atoms with Crippen molar-refractivity contribution in [3.63, 3.8) is 0 Å². The lowest BCUT2D eigenvalue weighted by atomic mass is 9.97. The van der Waals surface area contributed by atoms with E-state index in [1.165, 1.54) is 0 Å². The molecule has 1 aliphatic carbocycles. The summed E-state index contributed by atoms with van der Waals surface area (Å²) in [5, 5.41) is 7.00. The van der Waals surface area contributed by atoms with Gasteiger partial charge in [0.25, 0.3) is 5.91 Å². The summed E-state index contributed by atoms with van der Waals surface area (Å²) in [6.07, 6.45) is 4.60. The van der Waals surface area contributed by atoms with Gasteiger partial charge in [0.15, 0.2) is 0 Å². The molecule has 1 fully saturated rings. The lowest BCUT2D eigenvalue weighted by Crippen LogP contribution is -2.55. The van der Waals surface area contributed by atoms with E-state index in [1.54, 1.807) is 24.1 Å². The number of ether oxygens (including phenoxy) is 1. The number of carbonyl (C=O) groups excluding carboxylic acids is 2. The van der Waals surface area contributed by atoms with Gasteiger partial charge in [0, 0.05) is 12.1 Å². The second-order valence-electron chi connectivity index (χ2n) is 6.20. The number of carbonyl (C=O) groups is 2. The van der Waals surface area contributed by atoms with Crippen molar-refractivity contribution in [2.45, 2.75) is 31.2 Å². The number of primary amides is 1. The maximum atomic E-state index is 12.1. The topological polar surface area (TPSA) is 99.2 Å². The largest absolute Gasteiger partial charge is 0.497 e. The highest BCUT2D eigenvalue weighted by molar-refractivity contribution is 5.98.